The lowest BCUT2D eigenvalue weighted by Crippen LogP contribution is -2.24. The molecule has 0 spiro atoms. The first kappa shape index (κ1) is 17.2. The van der Waals surface area contributed by atoms with Crippen LogP contribution in [0.15, 0.2) is 42.5 Å². The normalized spacial score (nSPS) is 20.2. The highest BCUT2D eigenvalue weighted by molar-refractivity contribution is 7.76. The van der Waals surface area contributed by atoms with E-state index < -0.39 is 7.92 Å². The van der Waals surface area contributed by atoms with E-state index in [0.29, 0.717) is 16.8 Å². The van der Waals surface area contributed by atoms with Crippen LogP contribution in [-0.4, -0.2) is 16.8 Å². The molecule has 0 amide bonds. The highest BCUT2D eigenvalue weighted by Gasteiger charge is 2.36. The molecule has 25 heavy (non-hydrogen) atoms. The van der Waals surface area contributed by atoms with Crippen LogP contribution in [0.3, 0.4) is 0 Å². The van der Waals surface area contributed by atoms with E-state index >= 15 is 0 Å². The summed E-state index contributed by atoms with van der Waals surface area (Å²) in [4.78, 5) is 13.8. The van der Waals surface area contributed by atoms with E-state index in [1.807, 2.05) is 0 Å². The van der Waals surface area contributed by atoms with Crippen molar-refractivity contribution in [3.63, 3.8) is 0 Å². The molecular formula is C23H29OP. The van der Waals surface area contributed by atoms with Crippen LogP contribution in [-0.2, 0) is 0 Å². The van der Waals surface area contributed by atoms with Gasteiger partial charge in [-0.2, -0.15) is 0 Å². The van der Waals surface area contributed by atoms with Crippen molar-refractivity contribution in [1.82, 2.24) is 0 Å². The van der Waals surface area contributed by atoms with E-state index in [-0.39, 0.29) is 0 Å². The monoisotopic (exact) mass is 352 g/mol. The van der Waals surface area contributed by atoms with E-state index in [2.05, 4.69) is 42.5 Å². The van der Waals surface area contributed by atoms with Crippen molar-refractivity contribution < 1.29 is 4.79 Å². The molecular weight excluding hydrogens is 323 g/mol. The summed E-state index contributed by atoms with van der Waals surface area (Å²) < 4.78 is 0. The van der Waals surface area contributed by atoms with Crippen LogP contribution >= 0.6 is 7.92 Å². The summed E-state index contributed by atoms with van der Waals surface area (Å²) in [6.45, 7) is 0. The van der Waals surface area contributed by atoms with Gasteiger partial charge in [-0.15, -0.1) is 0 Å². The molecule has 0 unspecified atom stereocenters. The van der Waals surface area contributed by atoms with E-state index in [0.717, 1.165) is 10.9 Å². The molecule has 2 aromatic carbocycles. The second-order valence-corrected chi connectivity index (χ2v) is 10.5. The molecule has 0 N–H and O–H groups in total. The number of hydrogen-bond acceptors (Lipinski definition) is 1. The van der Waals surface area contributed by atoms with Crippen molar-refractivity contribution in [1.29, 1.82) is 0 Å². The van der Waals surface area contributed by atoms with Gasteiger partial charge in [0.15, 0.2) is 5.52 Å². The van der Waals surface area contributed by atoms with Gasteiger partial charge in [0, 0.05) is 5.56 Å². The Morgan fingerprint density at radius 3 is 1.92 bits per heavy atom. The second-order valence-electron chi connectivity index (χ2n) is 7.82. The van der Waals surface area contributed by atoms with E-state index in [4.69, 9.17) is 0 Å². The highest BCUT2D eigenvalue weighted by atomic mass is 31.1. The van der Waals surface area contributed by atoms with Crippen LogP contribution in [0.4, 0.5) is 0 Å². The van der Waals surface area contributed by atoms with Gasteiger partial charge in [-0.25, -0.2) is 0 Å². The first-order valence-corrected chi connectivity index (χ1v) is 11.6. The fraction of sp³-hybridized carbons (Fsp3) is 0.522. The summed E-state index contributed by atoms with van der Waals surface area (Å²) in [5.41, 5.74) is 2.86. The van der Waals surface area contributed by atoms with Crippen molar-refractivity contribution in [3.05, 3.63) is 48.0 Å². The Morgan fingerprint density at radius 1 is 0.720 bits per heavy atom. The molecule has 2 heteroatoms. The average Bonchev–Trinajstić information content (AvgIpc) is 2.69. The zero-order chi connectivity index (χ0) is 17.1. The molecule has 1 nitrogen and oxygen atoms in total. The Hall–Kier alpha value is -1.20. The number of carbonyl (C=O) groups is 1. The zero-order valence-corrected chi connectivity index (χ0v) is 16.0. The van der Waals surface area contributed by atoms with Gasteiger partial charge >= 0.3 is 0 Å². The molecule has 0 saturated heterocycles. The summed E-state index contributed by atoms with van der Waals surface area (Å²) in [7, 11) is -0.547. The van der Waals surface area contributed by atoms with Gasteiger partial charge < -0.3 is 0 Å². The maximum atomic E-state index is 13.8. The largest absolute Gasteiger partial charge is 0.289 e. The van der Waals surface area contributed by atoms with Gasteiger partial charge in [0.2, 0.25) is 0 Å². The standard InChI is InChI=1S/C23H29OP/c24-23(22-17-9-11-18-10-7-8-16-21(18)22)25(19-12-3-1-4-13-19)20-14-5-2-6-15-20/h7-11,16-17,19-20H,1-6,12-15H2. The predicted octanol–water partition coefficient (Wildman–Crippen LogP) is 7.13. The first-order valence-electron chi connectivity index (χ1n) is 10.1. The topological polar surface area (TPSA) is 17.1 Å². The summed E-state index contributed by atoms with van der Waals surface area (Å²) in [5.74, 6) is 0. The number of rotatable bonds is 4. The van der Waals surface area contributed by atoms with E-state index in [1.54, 1.807) is 0 Å². The fourth-order valence-electron chi connectivity index (χ4n) is 4.90. The van der Waals surface area contributed by atoms with Gasteiger partial charge in [0.1, 0.15) is 0 Å². The Balaban J connectivity index is 1.70. The third-order valence-corrected chi connectivity index (χ3v) is 9.51. The maximum Gasteiger partial charge on any atom is 0.185 e. The summed E-state index contributed by atoms with van der Waals surface area (Å²) in [6.07, 6.45) is 13.2. The molecule has 4 rings (SSSR count). The summed E-state index contributed by atoms with van der Waals surface area (Å²) in [5, 5.41) is 2.37. The lowest BCUT2D eigenvalue weighted by molar-refractivity contribution is 0.108. The summed E-state index contributed by atoms with van der Waals surface area (Å²) in [6, 6.07) is 14.7. The van der Waals surface area contributed by atoms with Crippen molar-refractivity contribution in [2.24, 2.45) is 0 Å². The second kappa shape index (κ2) is 8.00. The minimum atomic E-state index is -0.547. The lowest BCUT2D eigenvalue weighted by Gasteiger charge is -2.37. The molecule has 2 fully saturated rings. The Bertz CT molecular complexity index is 702. The third-order valence-electron chi connectivity index (χ3n) is 6.19. The Labute approximate surface area is 153 Å². The van der Waals surface area contributed by atoms with Gasteiger partial charge in [-0.05, 0) is 55.7 Å². The molecule has 0 atom stereocenters. The molecule has 0 heterocycles. The molecule has 0 bridgehead atoms. The van der Waals surface area contributed by atoms with Gasteiger partial charge in [-0.3, -0.25) is 4.79 Å². The van der Waals surface area contributed by atoms with Crippen LogP contribution in [0, 0.1) is 0 Å². The third kappa shape index (κ3) is 3.68. The molecule has 0 aromatic heterocycles. The summed E-state index contributed by atoms with van der Waals surface area (Å²) >= 11 is 0. The molecule has 2 aliphatic rings. The lowest BCUT2D eigenvalue weighted by atomic mass is 9.99. The molecule has 0 radical (unpaired) electrons. The van der Waals surface area contributed by atoms with Crippen molar-refractivity contribution >= 4 is 24.2 Å². The molecule has 2 aromatic rings. The quantitative estimate of drug-likeness (QED) is 0.535. The minimum absolute atomic E-state index is 0.505. The van der Waals surface area contributed by atoms with E-state index in [9.17, 15) is 4.79 Å². The van der Waals surface area contributed by atoms with Crippen molar-refractivity contribution in [2.75, 3.05) is 0 Å². The molecule has 132 valence electrons. The average molecular weight is 352 g/mol. The highest BCUT2D eigenvalue weighted by Crippen LogP contribution is 2.57. The first-order chi connectivity index (χ1) is 12.3. The van der Waals surface area contributed by atoms with Crippen molar-refractivity contribution in [2.45, 2.75) is 75.5 Å². The SMILES string of the molecule is O=C(c1cccc2ccccc12)P(C1CCCCC1)C1CCCCC1. The smallest absolute Gasteiger partial charge is 0.185 e. The zero-order valence-electron chi connectivity index (χ0n) is 15.1. The van der Waals surface area contributed by atoms with Crippen LogP contribution in [0.5, 0.6) is 0 Å². The number of benzene rings is 2. The number of carbonyl (C=O) groups excluding carboxylic acids is 1. The van der Waals surface area contributed by atoms with Gasteiger partial charge in [0.05, 0.1) is 0 Å². The Kier molecular flexibility index (Phi) is 5.51. The van der Waals surface area contributed by atoms with Crippen LogP contribution < -0.4 is 0 Å². The molecule has 2 aliphatic carbocycles. The van der Waals surface area contributed by atoms with Gasteiger partial charge in [-0.1, -0.05) is 81.0 Å². The van der Waals surface area contributed by atoms with Crippen LogP contribution in [0.25, 0.3) is 10.8 Å². The van der Waals surface area contributed by atoms with Crippen molar-refractivity contribution in [3.8, 4) is 0 Å². The molecule has 2 saturated carbocycles. The predicted molar refractivity (Wildman–Crippen MR) is 109 cm³/mol. The van der Waals surface area contributed by atoms with Crippen LogP contribution in [0.1, 0.15) is 74.6 Å². The molecule has 0 aliphatic heterocycles. The number of fused-ring (bicyclic) bond motifs is 1. The van der Waals surface area contributed by atoms with E-state index in [1.165, 1.54) is 69.6 Å². The number of hydrogen-bond donors (Lipinski definition) is 0. The van der Waals surface area contributed by atoms with Crippen LogP contribution in [0.2, 0.25) is 0 Å². The minimum Gasteiger partial charge on any atom is -0.289 e. The fourth-order valence-corrected chi connectivity index (χ4v) is 8.47. The van der Waals surface area contributed by atoms with Gasteiger partial charge in [0.25, 0.3) is 0 Å². The maximum absolute atomic E-state index is 13.8. The Morgan fingerprint density at radius 2 is 1.28 bits per heavy atom.